The van der Waals surface area contributed by atoms with Gasteiger partial charge in [0.1, 0.15) is 10.8 Å². The van der Waals surface area contributed by atoms with Crippen LogP contribution in [0.5, 0.6) is 0 Å². The van der Waals surface area contributed by atoms with Crippen LogP contribution >= 0.6 is 11.6 Å². The molecule has 0 bridgehead atoms. The van der Waals surface area contributed by atoms with Gasteiger partial charge in [0.05, 0.1) is 19.3 Å². The molecule has 0 unspecified atom stereocenters. The van der Waals surface area contributed by atoms with Gasteiger partial charge in [-0.15, -0.1) is 0 Å². The maximum atomic E-state index is 12.1. The molecule has 2 heterocycles. The number of halogens is 1. The summed E-state index contributed by atoms with van der Waals surface area (Å²) in [5.41, 5.74) is 1.44. The number of amides is 1. The van der Waals surface area contributed by atoms with Crippen LogP contribution in [0.15, 0.2) is 12.3 Å². The zero-order valence-electron chi connectivity index (χ0n) is 14.1. The van der Waals surface area contributed by atoms with E-state index in [1.165, 1.54) is 0 Å². The van der Waals surface area contributed by atoms with Crippen LogP contribution in [0, 0.1) is 6.92 Å². The fourth-order valence-corrected chi connectivity index (χ4v) is 2.41. The number of aromatic nitrogens is 1. The number of nitrogens with one attached hydrogen (secondary N) is 1. The number of nitrogens with zero attached hydrogens (tertiary/aromatic N) is 2. The minimum atomic E-state index is -0.492. The van der Waals surface area contributed by atoms with E-state index in [9.17, 15) is 4.79 Å². The van der Waals surface area contributed by atoms with E-state index in [2.05, 4.69) is 10.3 Å². The van der Waals surface area contributed by atoms with Crippen LogP contribution in [0.1, 0.15) is 26.3 Å². The summed E-state index contributed by atoms with van der Waals surface area (Å²) in [5.74, 6) is 0. The maximum absolute atomic E-state index is 12.1. The molecule has 1 N–H and O–H groups in total. The fourth-order valence-electron chi connectivity index (χ4n) is 2.25. The average Bonchev–Trinajstić information content (AvgIpc) is 2.47. The van der Waals surface area contributed by atoms with Gasteiger partial charge in [-0.05, 0) is 39.3 Å². The lowest BCUT2D eigenvalue weighted by Gasteiger charge is -2.34. The summed E-state index contributed by atoms with van der Waals surface area (Å²) in [6, 6.07) is 1.78. The van der Waals surface area contributed by atoms with Crippen molar-refractivity contribution >= 4 is 23.4 Å². The van der Waals surface area contributed by atoms with Crippen molar-refractivity contribution in [2.24, 2.45) is 0 Å². The lowest BCUT2D eigenvalue weighted by Crippen LogP contribution is -2.49. The Morgan fingerprint density at radius 3 is 3.00 bits per heavy atom. The van der Waals surface area contributed by atoms with E-state index in [0.29, 0.717) is 31.4 Å². The van der Waals surface area contributed by atoms with E-state index in [1.807, 2.05) is 27.7 Å². The van der Waals surface area contributed by atoms with E-state index in [0.717, 1.165) is 11.3 Å². The highest BCUT2D eigenvalue weighted by Crippen LogP contribution is 2.18. The lowest BCUT2D eigenvalue weighted by atomic mass is 10.2. The third-order valence-corrected chi connectivity index (χ3v) is 3.59. The van der Waals surface area contributed by atoms with Gasteiger partial charge in [-0.2, -0.15) is 0 Å². The first-order chi connectivity index (χ1) is 10.7. The highest BCUT2D eigenvalue weighted by Gasteiger charge is 2.28. The molecule has 6 nitrogen and oxygen atoms in total. The Morgan fingerprint density at radius 2 is 2.30 bits per heavy atom. The Kier molecular flexibility index (Phi) is 5.70. The number of carbonyl (C=O) groups excluding carboxylic acids is 1. The predicted molar refractivity (Wildman–Crippen MR) is 90.0 cm³/mol. The van der Waals surface area contributed by atoms with Crippen molar-refractivity contribution in [1.82, 2.24) is 9.88 Å². The number of morpholine rings is 1. The molecule has 0 spiro atoms. The second-order valence-electron chi connectivity index (χ2n) is 6.62. The van der Waals surface area contributed by atoms with Gasteiger partial charge in [0, 0.05) is 25.0 Å². The van der Waals surface area contributed by atoms with Crippen molar-refractivity contribution in [2.45, 2.75) is 39.4 Å². The van der Waals surface area contributed by atoms with E-state index < -0.39 is 5.60 Å². The normalized spacial score (nSPS) is 18.7. The molecule has 1 aliphatic rings. The summed E-state index contributed by atoms with van der Waals surface area (Å²) < 4.78 is 11.1. The predicted octanol–water partition coefficient (Wildman–Crippen LogP) is 3.09. The molecular formula is C16H24ClN3O3. The number of hydrogen-bond acceptors (Lipinski definition) is 5. The zero-order chi connectivity index (χ0) is 17.0. The second kappa shape index (κ2) is 7.36. The Bertz CT molecular complexity index is 560. The fraction of sp³-hybridized carbons (Fsp3) is 0.625. The molecule has 2 rings (SSSR count). The van der Waals surface area contributed by atoms with Crippen LogP contribution < -0.4 is 5.32 Å². The first kappa shape index (κ1) is 17.8. The van der Waals surface area contributed by atoms with Gasteiger partial charge in [0.15, 0.2) is 0 Å². The van der Waals surface area contributed by atoms with E-state index in [-0.39, 0.29) is 12.2 Å². The van der Waals surface area contributed by atoms with Gasteiger partial charge in [-0.1, -0.05) is 11.6 Å². The van der Waals surface area contributed by atoms with Crippen LogP contribution in [0.25, 0.3) is 0 Å². The number of anilines is 1. The summed E-state index contributed by atoms with van der Waals surface area (Å²) in [6.07, 6.45) is 1.33. The van der Waals surface area contributed by atoms with Gasteiger partial charge >= 0.3 is 6.09 Å². The van der Waals surface area contributed by atoms with Gasteiger partial charge in [0.2, 0.25) is 0 Å². The molecule has 1 aromatic heterocycles. The molecular weight excluding hydrogens is 318 g/mol. The molecule has 1 saturated heterocycles. The van der Waals surface area contributed by atoms with Crippen LogP contribution in [-0.2, 0) is 9.47 Å². The third-order valence-electron chi connectivity index (χ3n) is 3.38. The molecule has 0 aromatic carbocycles. The van der Waals surface area contributed by atoms with Crippen molar-refractivity contribution in [3.63, 3.8) is 0 Å². The molecule has 0 radical (unpaired) electrons. The monoisotopic (exact) mass is 341 g/mol. The van der Waals surface area contributed by atoms with Crippen molar-refractivity contribution < 1.29 is 14.3 Å². The number of aryl methyl sites for hydroxylation is 1. The van der Waals surface area contributed by atoms with Crippen molar-refractivity contribution in [2.75, 3.05) is 31.6 Å². The summed E-state index contributed by atoms with van der Waals surface area (Å²) in [4.78, 5) is 17.9. The molecule has 1 amide bonds. The van der Waals surface area contributed by atoms with Crippen molar-refractivity contribution in [3.8, 4) is 0 Å². The van der Waals surface area contributed by atoms with Gasteiger partial charge in [0.25, 0.3) is 0 Å². The molecule has 128 valence electrons. The van der Waals surface area contributed by atoms with E-state index in [1.54, 1.807) is 17.2 Å². The smallest absolute Gasteiger partial charge is 0.410 e. The Morgan fingerprint density at radius 1 is 1.57 bits per heavy atom. The molecule has 1 atom stereocenters. The Hall–Kier alpha value is -1.53. The van der Waals surface area contributed by atoms with Gasteiger partial charge in [-0.25, -0.2) is 9.78 Å². The number of carbonyl (C=O) groups is 1. The van der Waals surface area contributed by atoms with Crippen LogP contribution in [0.4, 0.5) is 10.5 Å². The van der Waals surface area contributed by atoms with E-state index in [4.69, 9.17) is 21.1 Å². The topological polar surface area (TPSA) is 63.7 Å². The SMILES string of the molecule is Cc1cnc(Cl)cc1NC[C@H]1CN(C(=O)OC(C)(C)C)CCO1. The van der Waals surface area contributed by atoms with Gasteiger partial charge in [-0.3, -0.25) is 0 Å². The van der Waals surface area contributed by atoms with Crippen molar-refractivity contribution in [1.29, 1.82) is 0 Å². The number of hydrogen-bond donors (Lipinski definition) is 1. The highest BCUT2D eigenvalue weighted by molar-refractivity contribution is 6.29. The van der Waals surface area contributed by atoms with Crippen LogP contribution in [0.2, 0.25) is 5.15 Å². The Labute approximate surface area is 142 Å². The van der Waals surface area contributed by atoms with Crippen LogP contribution in [0.3, 0.4) is 0 Å². The zero-order valence-corrected chi connectivity index (χ0v) is 14.8. The largest absolute Gasteiger partial charge is 0.444 e. The molecule has 23 heavy (non-hydrogen) atoms. The first-order valence-electron chi connectivity index (χ1n) is 7.70. The number of pyridine rings is 1. The summed E-state index contributed by atoms with van der Waals surface area (Å²) in [5, 5.41) is 3.75. The third kappa shape index (κ3) is 5.55. The van der Waals surface area contributed by atoms with Crippen LogP contribution in [-0.4, -0.2) is 53.9 Å². The molecule has 7 heteroatoms. The summed E-state index contributed by atoms with van der Waals surface area (Å²) >= 11 is 5.91. The standard InChI is InChI=1S/C16H24ClN3O3/c1-11-8-19-14(17)7-13(11)18-9-12-10-20(5-6-22-12)15(21)23-16(2,3)4/h7-8,12H,5-6,9-10H2,1-4H3,(H,18,19)/t12-/m0/s1. The minimum Gasteiger partial charge on any atom is -0.444 e. The summed E-state index contributed by atoms with van der Waals surface area (Å²) in [7, 11) is 0. The highest BCUT2D eigenvalue weighted by atomic mass is 35.5. The van der Waals surface area contributed by atoms with E-state index >= 15 is 0 Å². The average molecular weight is 342 g/mol. The second-order valence-corrected chi connectivity index (χ2v) is 7.01. The summed E-state index contributed by atoms with van der Waals surface area (Å²) in [6.45, 7) is 9.68. The molecule has 1 aliphatic heterocycles. The maximum Gasteiger partial charge on any atom is 0.410 e. The van der Waals surface area contributed by atoms with Crippen molar-refractivity contribution in [3.05, 3.63) is 23.0 Å². The lowest BCUT2D eigenvalue weighted by molar-refractivity contribution is -0.0371. The van der Waals surface area contributed by atoms with Gasteiger partial charge < -0.3 is 19.7 Å². The Balaban J connectivity index is 1.89. The number of ether oxygens (including phenoxy) is 2. The molecule has 1 fully saturated rings. The molecule has 0 saturated carbocycles. The first-order valence-corrected chi connectivity index (χ1v) is 8.08. The number of rotatable bonds is 3. The molecule has 1 aromatic rings. The molecule has 0 aliphatic carbocycles. The minimum absolute atomic E-state index is 0.0948. The quantitative estimate of drug-likeness (QED) is 0.856.